The van der Waals surface area contributed by atoms with Crippen molar-refractivity contribution in [3.8, 4) is 0 Å². The van der Waals surface area contributed by atoms with Crippen molar-refractivity contribution in [1.82, 2.24) is 4.90 Å². The molecule has 1 heterocycles. The summed E-state index contributed by atoms with van der Waals surface area (Å²) in [5.74, 6) is -0.176. The molecule has 21 heavy (non-hydrogen) atoms. The maximum Gasteiger partial charge on any atom is 0.242 e. The third-order valence-corrected chi connectivity index (χ3v) is 5.50. The molecule has 2 unspecified atom stereocenters. The zero-order valence-electron chi connectivity index (χ0n) is 12.5. The van der Waals surface area contributed by atoms with Crippen LogP contribution in [0.25, 0.3) is 0 Å². The van der Waals surface area contributed by atoms with Crippen molar-refractivity contribution in [3.05, 3.63) is 0 Å². The molecule has 7 heteroatoms. The summed E-state index contributed by atoms with van der Waals surface area (Å²) >= 11 is 5.99. The molecular weight excluding hydrogens is 345 g/mol. The van der Waals surface area contributed by atoms with Crippen LogP contribution in [0.4, 0.5) is 0 Å². The molecule has 0 bridgehead atoms. The molecule has 2 amide bonds. The molecule has 0 aliphatic carbocycles. The molecule has 1 rings (SSSR count). The van der Waals surface area contributed by atoms with Gasteiger partial charge in [-0.05, 0) is 19.8 Å². The van der Waals surface area contributed by atoms with E-state index in [1.807, 2.05) is 20.1 Å². The van der Waals surface area contributed by atoms with Crippen LogP contribution in [0.5, 0.6) is 0 Å². The summed E-state index contributed by atoms with van der Waals surface area (Å²) in [4.78, 5) is 35.6. The Morgan fingerprint density at radius 1 is 1.38 bits per heavy atom. The van der Waals surface area contributed by atoms with Crippen molar-refractivity contribution in [3.63, 3.8) is 0 Å². The van der Waals surface area contributed by atoms with Gasteiger partial charge >= 0.3 is 0 Å². The van der Waals surface area contributed by atoms with Gasteiger partial charge in [-0.1, -0.05) is 19.8 Å². The average molecular weight is 367 g/mol. The Morgan fingerprint density at radius 2 is 2.05 bits per heavy atom. The molecule has 1 saturated heterocycles. The number of nitrogens with zero attached hydrogens (tertiary/aromatic N) is 1. The second-order valence-corrected chi connectivity index (χ2v) is 8.17. The van der Waals surface area contributed by atoms with E-state index in [9.17, 15) is 14.4 Å². The molecular formula is C14H22NO3S2V-. The van der Waals surface area contributed by atoms with E-state index in [0.717, 1.165) is 25.7 Å². The monoisotopic (exact) mass is 367 g/mol. The summed E-state index contributed by atoms with van der Waals surface area (Å²) in [6.07, 6.45) is 5.74. The quantitative estimate of drug-likeness (QED) is 0.224. The number of likely N-dealkylation sites (tertiary alicyclic amines) is 1. The summed E-state index contributed by atoms with van der Waals surface area (Å²) in [6.45, 7) is 4.45. The van der Waals surface area contributed by atoms with E-state index < -0.39 is 0 Å². The average Bonchev–Trinajstić information content (AvgIpc) is 2.65. The Labute approximate surface area is 148 Å². The van der Waals surface area contributed by atoms with E-state index in [1.165, 1.54) is 16.7 Å². The van der Waals surface area contributed by atoms with E-state index in [1.54, 1.807) is 0 Å². The van der Waals surface area contributed by atoms with Gasteiger partial charge in [-0.25, -0.2) is 0 Å². The van der Waals surface area contributed by atoms with Crippen molar-refractivity contribution in [2.24, 2.45) is 0 Å². The molecule has 119 valence electrons. The van der Waals surface area contributed by atoms with Crippen LogP contribution in [0.3, 0.4) is 0 Å². The number of unbranched alkanes of at least 4 members (excludes halogenated alkanes) is 3. The van der Waals surface area contributed by atoms with Gasteiger partial charge in [0.25, 0.3) is 0 Å². The second-order valence-electron chi connectivity index (χ2n) is 5.18. The van der Waals surface area contributed by atoms with Gasteiger partial charge < -0.3 is 4.79 Å². The minimum Gasteiger partial charge on any atom is -0.542 e. The van der Waals surface area contributed by atoms with E-state index in [2.05, 4.69) is 12.6 Å². The predicted octanol–water partition coefficient (Wildman–Crippen LogP) is 2.57. The fourth-order valence-electron chi connectivity index (χ4n) is 2.01. The van der Waals surface area contributed by atoms with Gasteiger partial charge in [-0.15, -0.1) is 11.8 Å². The van der Waals surface area contributed by atoms with Crippen molar-refractivity contribution in [1.29, 1.82) is 0 Å². The number of carbonyl (C=O) groups excluding carboxylic acids is 3. The van der Waals surface area contributed by atoms with Crippen LogP contribution < -0.4 is 0 Å². The largest absolute Gasteiger partial charge is 0.542 e. The molecule has 0 spiro atoms. The Hall–Kier alpha value is 0.0944. The molecule has 1 aliphatic heterocycles. The number of thiol groups is 1. The molecule has 0 aromatic rings. The molecule has 1 aliphatic rings. The number of hydrogen-bond acceptors (Lipinski definition) is 5. The number of rotatable bonds is 9. The van der Waals surface area contributed by atoms with Crippen molar-refractivity contribution >= 4 is 42.5 Å². The SMILES string of the molecule is CCC(C)(S)SC1CC(=O)N(CCCCC[C-]=O)C1=O.[V]. The zero-order chi connectivity index (χ0) is 15.2. The third-order valence-electron chi connectivity index (χ3n) is 3.42. The minimum atomic E-state index is -0.298. The van der Waals surface area contributed by atoms with Gasteiger partial charge in [-0.3, -0.25) is 20.8 Å². The van der Waals surface area contributed by atoms with Gasteiger partial charge in [0.1, 0.15) is 0 Å². The third kappa shape index (κ3) is 6.80. The van der Waals surface area contributed by atoms with E-state index in [-0.39, 0.29) is 46.1 Å². The number of hydrogen-bond donors (Lipinski definition) is 1. The predicted molar refractivity (Wildman–Crippen MR) is 84.6 cm³/mol. The first-order valence-corrected chi connectivity index (χ1v) is 8.33. The molecule has 1 fully saturated rings. The van der Waals surface area contributed by atoms with Crippen LogP contribution in [-0.2, 0) is 32.9 Å². The molecule has 0 N–H and O–H groups in total. The number of imide groups is 1. The van der Waals surface area contributed by atoms with Crippen molar-refractivity contribution in [2.45, 2.75) is 61.7 Å². The minimum absolute atomic E-state index is 0. The van der Waals surface area contributed by atoms with Crippen LogP contribution in [0.1, 0.15) is 52.4 Å². The van der Waals surface area contributed by atoms with Crippen LogP contribution in [0.2, 0.25) is 0 Å². The van der Waals surface area contributed by atoms with Gasteiger partial charge in [0.2, 0.25) is 11.8 Å². The molecule has 0 aromatic carbocycles. The Balaban J connectivity index is 0.00000400. The maximum absolute atomic E-state index is 12.2. The van der Waals surface area contributed by atoms with Gasteiger partial charge in [-0.2, -0.15) is 19.0 Å². The Kier molecular flexibility index (Phi) is 10.0. The molecule has 1 radical (unpaired) electrons. The van der Waals surface area contributed by atoms with E-state index in [0.29, 0.717) is 13.0 Å². The van der Waals surface area contributed by atoms with Gasteiger partial charge in [0.15, 0.2) is 0 Å². The van der Waals surface area contributed by atoms with Crippen LogP contribution in [0.15, 0.2) is 0 Å². The first-order valence-electron chi connectivity index (χ1n) is 7.00. The summed E-state index contributed by atoms with van der Waals surface area (Å²) in [7, 11) is 0. The summed E-state index contributed by atoms with van der Waals surface area (Å²) in [6, 6.07) is 0. The zero-order valence-corrected chi connectivity index (χ0v) is 15.6. The van der Waals surface area contributed by atoms with Crippen LogP contribution in [0, 0.1) is 0 Å². The number of amides is 2. The Morgan fingerprint density at radius 3 is 2.62 bits per heavy atom. The summed E-state index contributed by atoms with van der Waals surface area (Å²) in [5.41, 5.74) is 0. The Bertz CT molecular complexity index is 377. The van der Waals surface area contributed by atoms with Crippen LogP contribution in [-0.4, -0.2) is 38.9 Å². The van der Waals surface area contributed by atoms with Crippen molar-refractivity contribution < 1.29 is 32.9 Å². The molecule has 2 atom stereocenters. The second kappa shape index (κ2) is 9.98. The number of thioether (sulfide) groups is 1. The first-order chi connectivity index (χ1) is 9.41. The normalized spacial score (nSPS) is 21.1. The van der Waals surface area contributed by atoms with E-state index >= 15 is 0 Å². The van der Waals surface area contributed by atoms with Gasteiger partial charge in [0, 0.05) is 31.5 Å². The smallest absolute Gasteiger partial charge is 0.242 e. The molecule has 4 nitrogen and oxygen atoms in total. The fourth-order valence-corrected chi connectivity index (χ4v) is 3.63. The maximum atomic E-state index is 12.2. The summed E-state index contributed by atoms with van der Waals surface area (Å²) in [5, 5.41) is -0.298. The van der Waals surface area contributed by atoms with Crippen molar-refractivity contribution in [2.75, 3.05) is 6.54 Å². The van der Waals surface area contributed by atoms with Crippen LogP contribution >= 0.6 is 24.4 Å². The summed E-state index contributed by atoms with van der Waals surface area (Å²) < 4.78 is -0.281. The van der Waals surface area contributed by atoms with E-state index in [4.69, 9.17) is 0 Å². The fraction of sp³-hybridized carbons (Fsp3) is 0.786. The molecule has 0 saturated carbocycles. The first kappa shape index (κ1) is 21.1. The topological polar surface area (TPSA) is 54.5 Å². The van der Waals surface area contributed by atoms with Gasteiger partial charge in [0.05, 0.1) is 9.33 Å². The molecule has 0 aromatic heterocycles. The standard InChI is InChI=1S/C14H22NO3S2.V/c1-3-14(2,19)20-11-10-12(17)15(13(11)18)8-6-4-5-7-9-16;/h11,19H,3-8,10H2,1-2H3;/q-1;. The number of carbonyl (C=O) groups is 2.